The fourth-order valence-corrected chi connectivity index (χ4v) is 3.16. The maximum Gasteiger partial charge on any atom is 0.417 e. The van der Waals surface area contributed by atoms with Crippen LogP contribution in [0.5, 0.6) is 5.75 Å². The predicted molar refractivity (Wildman–Crippen MR) is 95.6 cm³/mol. The van der Waals surface area contributed by atoms with Gasteiger partial charge in [-0.05, 0) is 42.0 Å². The lowest BCUT2D eigenvalue weighted by atomic mass is 9.90. The number of anilines is 1. The van der Waals surface area contributed by atoms with Crippen molar-refractivity contribution in [2.24, 2.45) is 0 Å². The first-order chi connectivity index (χ1) is 12.7. The largest absolute Gasteiger partial charge is 0.508 e. The van der Waals surface area contributed by atoms with Gasteiger partial charge in [0.1, 0.15) is 17.1 Å². The highest BCUT2D eigenvalue weighted by Gasteiger charge is 2.35. The number of hydrogen-bond donors (Lipinski definition) is 2. The summed E-state index contributed by atoms with van der Waals surface area (Å²) in [6, 6.07) is 11.6. The molecule has 2 aromatic carbocycles. The molecule has 0 unspecified atom stereocenters. The topological polar surface area (TPSA) is 76.5 Å². The molecule has 0 spiro atoms. The second-order valence-corrected chi connectivity index (χ2v) is 6.12. The van der Waals surface area contributed by atoms with E-state index in [4.69, 9.17) is 10.2 Å². The van der Waals surface area contributed by atoms with Gasteiger partial charge in [-0.15, -0.1) is 0 Å². The molecule has 0 bridgehead atoms. The molecule has 2 aromatic rings. The van der Waals surface area contributed by atoms with Crippen LogP contribution in [0.2, 0.25) is 0 Å². The molecule has 0 amide bonds. The molecule has 27 heavy (non-hydrogen) atoms. The van der Waals surface area contributed by atoms with Gasteiger partial charge >= 0.3 is 6.18 Å². The van der Waals surface area contributed by atoms with Gasteiger partial charge in [0.05, 0.1) is 5.56 Å². The van der Waals surface area contributed by atoms with E-state index in [9.17, 15) is 23.1 Å². The number of nitrogens with two attached hydrogens (primary N) is 1. The lowest BCUT2D eigenvalue weighted by Crippen LogP contribution is -2.09. The smallest absolute Gasteiger partial charge is 0.417 e. The van der Waals surface area contributed by atoms with Crippen LogP contribution in [0.4, 0.5) is 18.9 Å². The molecule has 7 heteroatoms. The first-order valence-corrected chi connectivity index (χ1v) is 7.91. The molecule has 4 rings (SSSR count). The highest BCUT2D eigenvalue weighted by Crippen LogP contribution is 2.45. The Labute approximate surface area is 150 Å². The van der Waals surface area contributed by atoms with Crippen molar-refractivity contribution in [1.29, 1.82) is 0 Å². The average molecular weight is 371 g/mol. The Hall–Kier alpha value is -3.48. The molecule has 1 aliphatic heterocycles. The van der Waals surface area contributed by atoms with Gasteiger partial charge in [-0.2, -0.15) is 13.2 Å². The van der Waals surface area contributed by atoms with Gasteiger partial charge in [0.25, 0.3) is 0 Å². The van der Waals surface area contributed by atoms with E-state index in [1.54, 1.807) is 0 Å². The Kier molecular flexibility index (Phi) is 3.62. The molecule has 0 radical (unpaired) electrons. The predicted octanol–water partition coefficient (Wildman–Crippen LogP) is 4.87. The van der Waals surface area contributed by atoms with Gasteiger partial charge in [-0.3, -0.25) is 4.79 Å². The minimum atomic E-state index is -4.63. The van der Waals surface area contributed by atoms with Crippen LogP contribution in [0.25, 0.3) is 33.4 Å². The highest BCUT2D eigenvalue weighted by atomic mass is 19.4. The molecular weight excluding hydrogens is 359 g/mol. The molecule has 2 aliphatic rings. The molecular formula is C20H12F3NO3. The van der Waals surface area contributed by atoms with E-state index >= 15 is 0 Å². The van der Waals surface area contributed by atoms with Crippen LogP contribution in [0.1, 0.15) is 5.56 Å². The number of rotatable bonds is 1. The van der Waals surface area contributed by atoms with Crippen LogP contribution >= 0.6 is 0 Å². The maximum atomic E-state index is 13.7. The molecule has 1 aliphatic carbocycles. The minimum Gasteiger partial charge on any atom is -0.508 e. The zero-order valence-electron chi connectivity index (χ0n) is 13.7. The summed E-state index contributed by atoms with van der Waals surface area (Å²) in [6.45, 7) is 0. The van der Waals surface area contributed by atoms with Crippen molar-refractivity contribution in [3.8, 4) is 28.2 Å². The Bertz CT molecular complexity index is 1210. The zero-order valence-corrected chi connectivity index (χ0v) is 13.7. The maximum absolute atomic E-state index is 13.7. The monoisotopic (exact) mass is 371 g/mol. The van der Waals surface area contributed by atoms with E-state index in [2.05, 4.69) is 0 Å². The third-order valence-electron chi connectivity index (χ3n) is 4.30. The van der Waals surface area contributed by atoms with Crippen molar-refractivity contribution in [2.45, 2.75) is 6.18 Å². The number of aromatic hydroxyl groups is 1. The third kappa shape index (κ3) is 2.87. The normalized spacial score (nSPS) is 12.0. The van der Waals surface area contributed by atoms with Crippen molar-refractivity contribution < 1.29 is 22.7 Å². The van der Waals surface area contributed by atoms with E-state index in [0.29, 0.717) is 10.9 Å². The number of halogens is 3. The fraction of sp³-hybridized carbons (Fsp3) is 0.0500. The van der Waals surface area contributed by atoms with E-state index in [1.165, 1.54) is 48.5 Å². The quantitative estimate of drug-likeness (QED) is 0.370. The number of hydrogen-bond acceptors (Lipinski definition) is 4. The summed E-state index contributed by atoms with van der Waals surface area (Å²) in [6.07, 6.45) is -4.63. The van der Waals surface area contributed by atoms with E-state index in [0.717, 1.165) is 6.07 Å². The average Bonchev–Trinajstić information content (AvgIpc) is 2.59. The second kappa shape index (κ2) is 5.77. The van der Waals surface area contributed by atoms with Gasteiger partial charge in [-0.1, -0.05) is 6.07 Å². The summed E-state index contributed by atoms with van der Waals surface area (Å²) < 4.78 is 46.7. The summed E-state index contributed by atoms with van der Waals surface area (Å²) in [5.74, 6) is 0.0173. The van der Waals surface area contributed by atoms with Gasteiger partial charge in [0.2, 0.25) is 0 Å². The van der Waals surface area contributed by atoms with Crippen LogP contribution in [0.3, 0.4) is 0 Å². The van der Waals surface area contributed by atoms with Crippen molar-refractivity contribution in [3.63, 3.8) is 0 Å². The summed E-state index contributed by atoms with van der Waals surface area (Å²) in [5, 5.41) is 10.1. The van der Waals surface area contributed by atoms with Crippen molar-refractivity contribution in [2.75, 3.05) is 5.73 Å². The fourth-order valence-electron chi connectivity index (χ4n) is 3.16. The first-order valence-electron chi connectivity index (χ1n) is 7.91. The molecule has 0 fully saturated rings. The lowest BCUT2D eigenvalue weighted by molar-refractivity contribution is -0.137. The van der Waals surface area contributed by atoms with Crippen molar-refractivity contribution in [1.82, 2.24) is 0 Å². The Morgan fingerprint density at radius 1 is 0.926 bits per heavy atom. The minimum absolute atomic E-state index is 0.0141. The Balaban J connectivity index is 2.21. The number of phenolic OH excluding ortho intramolecular Hbond substituents is 1. The van der Waals surface area contributed by atoms with Crippen LogP contribution in [0.15, 0.2) is 63.8 Å². The highest BCUT2D eigenvalue weighted by molar-refractivity contribution is 6.03. The van der Waals surface area contributed by atoms with Crippen LogP contribution in [-0.4, -0.2) is 5.11 Å². The number of fused-ring (bicyclic) bond motifs is 2. The Morgan fingerprint density at radius 3 is 2.41 bits per heavy atom. The second-order valence-electron chi connectivity index (χ2n) is 6.12. The summed E-state index contributed by atoms with van der Waals surface area (Å²) in [5.41, 5.74) is 4.99. The molecule has 1 heterocycles. The van der Waals surface area contributed by atoms with E-state index < -0.39 is 11.7 Å². The molecule has 3 N–H and O–H groups in total. The molecule has 4 nitrogen and oxygen atoms in total. The standard InChI is InChI=1S/C20H12F3NO3/c21-20(22,23)16-7-10(24)1-4-13(16)19-14-5-2-11(25)8-17(14)27-18-9-12(26)3-6-15(18)19/h1-9,25H,24H2. The number of nitrogen functional groups attached to an aromatic ring is 1. The van der Waals surface area contributed by atoms with Crippen LogP contribution < -0.4 is 11.2 Å². The van der Waals surface area contributed by atoms with Gasteiger partial charge in [0.15, 0.2) is 5.43 Å². The molecule has 0 atom stereocenters. The summed E-state index contributed by atoms with van der Waals surface area (Å²) >= 11 is 0. The van der Waals surface area contributed by atoms with Crippen LogP contribution in [0, 0.1) is 0 Å². The van der Waals surface area contributed by atoms with E-state index in [-0.39, 0.29) is 39.3 Å². The van der Waals surface area contributed by atoms with Gasteiger partial charge < -0.3 is 15.3 Å². The first kappa shape index (κ1) is 17.0. The molecule has 0 saturated heterocycles. The van der Waals surface area contributed by atoms with Crippen molar-refractivity contribution in [3.05, 3.63) is 70.4 Å². The van der Waals surface area contributed by atoms with Crippen molar-refractivity contribution >= 4 is 16.7 Å². The lowest BCUT2D eigenvalue weighted by Gasteiger charge is -2.19. The van der Waals surface area contributed by atoms with Gasteiger partial charge in [0, 0.05) is 34.3 Å². The summed E-state index contributed by atoms with van der Waals surface area (Å²) in [4.78, 5) is 11.7. The van der Waals surface area contributed by atoms with Gasteiger partial charge in [-0.25, -0.2) is 0 Å². The summed E-state index contributed by atoms with van der Waals surface area (Å²) in [7, 11) is 0. The van der Waals surface area contributed by atoms with E-state index in [1.807, 2.05) is 0 Å². The SMILES string of the molecule is Nc1ccc(-c2c3ccc(=O)cc-3oc3cc(O)ccc23)c(C(F)(F)F)c1. The third-order valence-corrected chi connectivity index (χ3v) is 4.30. The number of benzene rings is 3. The molecule has 0 aromatic heterocycles. The number of phenols is 1. The Morgan fingerprint density at radius 2 is 1.67 bits per heavy atom. The van der Waals surface area contributed by atoms with Crippen LogP contribution in [-0.2, 0) is 6.18 Å². The number of alkyl halides is 3. The molecule has 0 saturated carbocycles. The zero-order chi connectivity index (χ0) is 19.3. The molecule has 136 valence electrons.